The highest BCUT2D eigenvalue weighted by atomic mass is 32.2. The van der Waals surface area contributed by atoms with Crippen LogP contribution in [0.3, 0.4) is 0 Å². The van der Waals surface area contributed by atoms with Gasteiger partial charge in [-0.3, -0.25) is 13.9 Å². The fourth-order valence-corrected chi connectivity index (χ4v) is 5.60. The van der Waals surface area contributed by atoms with Crippen molar-refractivity contribution in [2.45, 2.75) is 37.8 Å². The van der Waals surface area contributed by atoms with Gasteiger partial charge in [-0.25, -0.2) is 8.42 Å². The number of methoxy groups -OCH3 is 3. The number of rotatable bonds is 14. The molecule has 3 aromatic rings. The van der Waals surface area contributed by atoms with Crippen LogP contribution in [0.15, 0.2) is 77.7 Å². The van der Waals surface area contributed by atoms with E-state index in [1.165, 1.54) is 37.3 Å². The van der Waals surface area contributed by atoms with Gasteiger partial charge in [0.15, 0.2) is 11.5 Å². The van der Waals surface area contributed by atoms with E-state index in [9.17, 15) is 18.0 Å². The minimum atomic E-state index is -4.25. The zero-order chi connectivity index (χ0) is 30.0. The summed E-state index contributed by atoms with van der Waals surface area (Å²) in [5.74, 6) is 0.302. The van der Waals surface area contributed by atoms with Crippen molar-refractivity contribution in [1.82, 2.24) is 10.2 Å². The number of sulfonamides is 1. The highest BCUT2D eigenvalue weighted by molar-refractivity contribution is 7.92. The van der Waals surface area contributed by atoms with Crippen LogP contribution in [0, 0.1) is 0 Å². The molecule has 1 N–H and O–H groups in total. The molecule has 0 aromatic heterocycles. The first kappa shape index (κ1) is 31.3. The molecule has 0 saturated carbocycles. The molecule has 2 amide bonds. The minimum absolute atomic E-state index is 0.0653. The molecule has 0 fully saturated rings. The highest BCUT2D eigenvalue weighted by Gasteiger charge is 2.33. The number of ether oxygens (including phenoxy) is 3. The van der Waals surface area contributed by atoms with Crippen LogP contribution < -0.4 is 23.8 Å². The van der Waals surface area contributed by atoms with E-state index in [0.29, 0.717) is 23.7 Å². The number of para-hydroxylation sites is 1. The Labute approximate surface area is 241 Å². The number of benzene rings is 3. The molecular formula is C30H37N3O7S. The quantitative estimate of drug-likeness (QED) is 0.307. The second-order valence-corrected chi connectivity index (χ2v) is 11.1. The van der Waals surface area contributed by atoms with Crippen molar-refractivity contribution in [3.8, 4) is 17.2 Å². The zero-order valence-electron chi connectivity index (χ0n) is 24.0. The molecule has 0 radical (unpaired) electrons. The third kappa shape index (κ3) is 7.69. The summed E-state index contributed by atoms with van der Waals surface area (Å²) >= 11 is 0. The lowest BCUT2D eigenvalue weighted by atomic mass is 10.1. The summed E-state index contributed by atoms with van der Waals surface area (Å²) in [4.78, 5) is 28.2. The number of nitrogens with zero attached hydrogens (tertiary/aromatic N) is 2. The van der Waals surface area contributed by atoms with Crippen molar-refractivity contribution in [3.05, 3.63) is 78.4 Å². The van der Waals surface area contributed by atoms with Gasteiger partial charge in [0.1, 0.15) is 18.3 Å². The Balaban J connectivity index is 2.04. The molecule has 0 heterocycles. The van der Waals surface area contributed by atoms with Crippen molar-refractivity contribution in [3.63, 3.8) is 0 Å². The summed E-state index contributed by atoms with van der Waals surface area (Å²) in [6.07, 6.45) is 0.730. The van der Waals surface area contributed by atoms with Crippen molar-refractivity contribution in [2.75, 3.05) is 38.7 Å². The van der Waals surface area contributed by atoms with Crippen molar-refractivity contribution < 1.29 is 32.2 Å². The van der Waals surface area contributed by atoms with E-state index in [1.54, 1.807) is 62.6 Å². The van der Waals surface area contributed by atoms with Gasteiger partial charge < -0.3 is 24.4 Å². The maximum atomic E-state index is 14.0. The van der Waals surface area contributed by atoms with Crippen LogP contribution in [0.2, 0.25) is 0 Å². The fraction of sp³-hybridized carbons (Fsp3) is 0.333. The Hall–Kier alpha value is -4.25. The van der Waals surface area contributed by atoms with Crippen LogP contribution in [0.25, 0.3) is 0 Å². The molecule has 0 bridgehead atoms. The average molecular weight is 584 g/mol. The lowest BCUT2D eigenvalue weighted by molar-refractivity contribution is -0.139. The van der Waals surface area contributed by atoms with Crippen molar-refractivity contribution in [2.24, 2.45) is 0 Å². The standard InChI is InChI=1S/C30H37N3O7S/c1-6-17-31-30(35)22(2)32(20-23-11-10-14-25(18-23)38-3)29(34)21-33(24-12-8-7-9-13-24)41(36,37)26-15-16-27(39-4)28(19-26)40-5/h7-16,18-19,22H,6,17,20-21H2,1-5H3,(H,31,35)/t22-/m1/s1. The third-order valence-corrected chi connectivity index (χ3v) is 8.24. The molecular weight excluding hydrogens is 546 g/mol. The highest BCUT2D eigenvalue weighted by Crippen LogP contribution is 2.32. The van der Waals surface area contributed by atoms with Gasteiger partial charge in [0.05, 0.1) is 31.9 Å². The minimum Gasteiger partial charge on any atom is -0.497 e. The van der Waals surface area contributed by atoms with E-state index < -0.39 is 28.5 Å². The molecule has 0 saturated heterocycles. The van der Waals surface area contributed by atoms with Gasteiger partial charge in [0.25, 0.3) is 10.0 Å². The first-order valence-corrected chi connectivity index (χ1v) is 14.6. The summed E-state index contributed by atoms with van der Waals surface area (Å²) in [6.45, 7) is 3.53. The monoisotopic (exact) mass is 583 g/mol. The van der Waals surface area contributed by atoms with Gasteiger partial charge in [-0.1, -0.05) is 37.3 Å². The molecule has 11 heteroatoms. The average Bonchev–Trinajstić information content (AvgIpc) is 3.00. The number of anilines is 1. The number of carbonyl (C=O) groups excluding carboxylic acids is 2. The number of nitrogens with one attached hydrogen (secondary N) is 1. The van der Waals surface area contributed by atoms with Gasteiger partial charge in [0.2, 0.25) is 11.8 Å². The Kier molecular flexibility index (Phi) is 11.0. The largest absolute Gasteiger partial charge is 0.497 e. The van der Waals surface area contributed by atoms with Crippen LogP contribution in [0.4, 0.5) is 5.69 Å². The summed E-state index contributed by atoms with van der Waals surface area (Å²) in [5, 5.41) is 2.83. The maximum absolute atomic E-state index is 14.0. The van der Waals surface area contributed by atoms with Crippen LogP contribution in [0.5, 0.6) is 17.2 Å². The van der Waals surface area contributed by atoms with Crippen LogP contribution in [-0.4, -0.2) is 65.6 Å². The van der Waals surface area contributed by atoms with Crippen LogP contribution in [0.1, 0.15) is 25.8 Å². The number of hydrogen-bond acceptors (Lipinski definition) is 7. The number of carbonyl (C=O) groups is 2. The van der Waals surface area contributed by atoms with E-state index in [-0.39, 0.29) is 23.1 Å². The first-order chi connectivity index (χ1) is 19.7. The Morgan fingerprint density at radius 1 is 0.878 bits per heavy atom. The molecule has 0 aliphatic rings. The van der Waals surface area contributed by atoms with E-state index in [1.807, 2.05) is 13.0 Å². The first-order valence-electron chi connectivity index (χ1n) is 13.2. The van der Waals surface area contributed by atoms with Crippen LogP contribution in [-0.2, 0) is 26.2 Å². The van der Waals surface area contributed by atoms with Crippen molar-refractivity contribution in [1.29, 1.82) is 0 Å². The van der Waals surface area contributed by atoms with E-state index >= 15 is 0 Å². The molecule has 0 aliphatic heterocycles. The summed E-state index contributed by atoms with van der Waals surface area (Å²) in [7, 11) is 0.152. The molecule has 10 nitrogen and oxygen atoms in total. The zero-order valence-corrected chi connectivity index (χ0v) is 24.8. The van der Waals surface area contributed by atoms with E-state index in [4.69, 9.17) is 14.2 Å². The smallest absolute Gasteiger partial charge is 0.264 e. The van der Waals surface area contributed by atoms with E-state index in [0.717, 1.165) is 16.3 Å². The Morgan fingerprint density at radius 3 is 2.22 bits per heavy atom. The summed E-state index contributed by atoms with van der Waals surface area (Å²) < 4.78 is 44.9. The third-order valence-electron chi connectivity index (χ3n) is 6.47. The van der Waals surface area contributed by atoms with Gasteiger partial charge in [0, 0.05) is 19.2 Å². The second kappa shape index (κ2) is 14.4. The Morgan fingerprint density at radius 2 is 1.59 bits per heavy atom. The molecule has 3 rings (SSSR count). The molecule has 0 spiro atoms. The molecule has 0 aliphatic carbocycles. The van der Waals surface area contributed by atoms with Gasteiger partial charge in [-0.15, -0.1) is 0 Å². The summed E-state index contributed by atoms with van der Waals surface area (Å²) in [6, 6.07) is 18.9. The molecule has 41 heavy (non-hydrogen) atoms. The Bertz CT molecular complexity index is 1430. The number of hydrogen-bond donors (Lipinski definition) is 1. The SMILES string of the molecule is CCCNC(=O)[C@@H](C)N(Cc1cccc(OC)c1)C(=O)CN(c1ccccc1)S(=O)(=O)c1ccc(OC)c(OC)c1. The normalized spacial score (nSPS) is 11.7. The van der Waals surface area contributed by atoms with E-state index in [2.05, 4.69) is 5.32 Å². The fourth-order valence-electron chi connectivity index (χ4n) is 4.17. The number of amides is 2. The van der Waals surface area contributed by atoms with Gasteiger partial charge in [-0.05, 0) is 55.3 Å². The predicted octanol–water partition coefficient (Wildman–Crippen LogP) is 3.85. The van der Waals surface area contributed by atoms with Gasteiger partial charge in [-0.2, -0.15) is 0 Å². The predicted molar refractivity (Wildman–Crippen MR) is 157 cm³/mol. The molecule has 3 aromatic carbocycles. The topological polar surface area (TPSA) is 114 Å². The molecule has 0 unspecified atom stereocenters. The van der Waals surface area contributed by atoms with Crippen LogP contribution >= 0.6 is 0 Å². The summed E-state index contributed by atoms with van der Waals surface area (Å²) in [5.41, 5.74) is 1.02. The molecule has 220 valence electrons. The maximum Gasteiger partial charge on any atom is 0.264 e. The second-order valence-electron chi connectivity index (χ2n) is 9.20. The lowest BCUT2D eigenvalue weighted by Gasteiger charge is -2.32. The lowest BCUT2D eigenvalue weighted by Crippen LogP contribution is -2.51. The molecule has 1 atom stereocenters. The van der Waals surface area contributed by atoms with Crippen molar-refractivity contribution >= 4 is 27.5 Å². The van der Waals surface area contributed by atoms with Gasteiger partial charge >= 0.3 is 0 Å².